The highest BCUT2D eigenvalue weighted by Gasteiger charge is 2.15. The Morgan fingerprint density at radius 2 is 2.28 bits per heavy atom. The number of hydrogen-bond acceptors (Lipinski definition) is 4. The molecule has 90 valence electrons. The largest absolute Gasteiger partial charge is 0.358 e. The molecule has 0 bridgehead atoms. The van der Waals surface area contributed by atoms with Crippen molar-refractivity contribution in [2.75, 3.05) is 0 Å². The molecule has 0 saturated heterocycles. The zero-order valence-corrected chi connectivity index (χ0v) is 9.83. The molecule has 1 aromatic heterocycles. The normalized spacial score (nSPS) is 10.0. The predicted octanol–water partition coefficient (Wildman–Crippen LogP) is 2.36. The molecule has 1 heterocycles. The third kappa shape index (κ3) is 2.31. The molecule has 0 amide bonds. The van der Waals surface area contributed by atoms with Crippen LogP contribution in [0.25, 0.3) is 0 Å². The van der Waals surface area contributed by atoms with E-state index in [0.717, 1.165) is 0 Å². The molecule has 0 saturated carbocycles. The number of nitrogens with zero attached hydrogens (tertiary/aromatic N) is 4. The van der Waals surface area contributed by atoms with Gasteiger partial charge in [0.2, 0.25) is 0 Å². The smallest absolute Gasteiger partial charge is 0.345 e. The SMILES string of the molecule is N#Cc1cc(Cl)ccc1Cn1nccc1[N+](=O)[O-]. The van der Waals surface area contributed by atoms with Crippen molar-refractivity contribution in [2.45, 2.75) is 6.54 Å². The lowest BCUT2D eigenvalue weighted by Crippen LogP contribution is -2.07. The molecule has 0 radical (unpaired) electrons. The lowest BCUT2D eigenvalue weighted by molar-refractivity contribution is -0.392. The highest BCUT2D eigenvalue weighted by Crippen LogP contribution is 2.18. The molecule has 2 aromatic rings. The van der Waals surface area contributed by atoms with E-state index in [0.29, 0.717) is 16.1 Å². The summed E-state index contributed by atoms with van der Waals surface area (Å²) >= 11 is 5.78. The van der Waals surface area contributed by atoms with Gasteiger partial charge in [0, 0.05) is 10.6 Å². The summed E-state index contributed by atoms with van der Waals surface area (Å²) in [5.74, 6) is -0.117. The molecule has 0 unspecified atom stereocenters. The average Bonchev–Trinajstić information content (AvgIpc) is 2.79. The molecule has 0 N–H and O–H groups in total. The van der Waals surface area contributed by atoms with Gasteiger partial charge >= 0.3 is 5.82 Å². The maximum atomic E-state index is 10.7. The van der Waals surface area contributed by atoms with Crippen molar-refractivity contribution in [3.63, 3.8) is 0 Å². The average molecular weight is 263 g/mol. The summed E-state index contributed by atoms with van der Waals surface area (Å²) in [4.78, 5) is 10.2. The fraction of sp³-hybridized carbons (Fsp3) is 0.0909. The molecule has 0 aliphatic carbocycles. The Bertz CT molecular complexity index is 645. The van der Waals surface area contributed by atoms with Crippen LogP contribution in [0.1, 0.15) is 11.1 Å². The Balaban J connectivity index is 2.38. The molecule has 1 aromatic carbocycles. The topological polar surface area (TPSA) is 84.8 Å². The molecular formula is C11H7ClN4O2. The van der Waals surface area contributed by atoms with Gasteiger partial charge in [0.05, 0.1) is 23.9 Å². The van der Waals surface area contributed by atoms with Crippen LogP contribution in [0.3, 0.4) is 0 Å². The molecule has 0 spiro atoms. The van der Waals surface area contributed by atoms with Gasteiger partial charge < -0.3 is 10.1 Å². The van der Waals surface area contributed by atoms with Crippen molar-refractivity contribution in [3.05, 3.63) is 56.7 Å². The van der Waals surface area contributed by atoms with Gasteiger partial charge in [-0.1, -0.05) is 22.8 Å². The van der Waals surface area contributed by atoms with Crippen molar-refractivity contribution in [2.24, 2.45) is 0 Å². The maximum Gasteiger partial charge on any atom is 0.345 e. The van der Waals surface area contributed by atoms with E-state index in [1.807, 2.05) is 6.07 Å². The summed E-state index contributed by atoms with van der Waals surface area (Å²) in [7, 11) is 0. The van der Waals surface area contributed by atoms with E-state index in [1.54, 1.807) is 12.1 Å². The highest BCUT2D eigenvalue weighted by atomic mass is 35.5. The van der Waals surface area contributed by atoms with Crippen LogP contribution in [0.2, 0.25) is 5.02 Å². The Labute approximate surface area is 107 Å². The number of benzene rings is 1. The monoisotopic (exact) mass is 262 g/mol. The van der Waals surface area contributed by atoms with Gasteiger partial charge in [-0.15, -0.1) is 4.68 Å². The predicted molar refractivity (Wildman–Crippen MR) is 64.2 cm³/mol. The first kappa shape index (κ1) is 12.1. The van der Waals surface area contributed by atoms with E-state index in [2.05, 4.69) is 5.10 Å². The summed E-state index contributed by atoms with van der Waals surface area (Å²) in [6.07, 6.45) is 1.35. The molecule has 0 aliphatic rings. The summed E-state index contributed by atoms with van der Waals surface area (Å²) in [6, 6.07) is 8.12. The fourth-order valence-corrected chi connectivity index (χ4v) is 1.73. The van der Waals surface area contributed by atoms with Crippen molar-refractivity contribution in [3.8, 4) is 6.07 Å². The van der Waals surface area contributed by atoms with Crippen LogP contribution >= 0.6 is 11.6 Å². The van der Waals surface area contributed by atoms with Crippen molar-refractivity contribution >= 4 is 17.4 Å². The second-order valence-corrected chi connectivity index (χ2v) is 3.95. The van der Waals surface area contributed by atoms with Crippen molar-refractivity contribution < 1.29 is 4.92 Å². The Kier molecular flexibility index (Phi) is 3.26. The van der Waals surface area contributed by atoms with E-state index in [9.17, 15) is 10.1 Å². The maximum absolute atomic E-state index is 10.7. The quantitative estimate of drug-likeness (QED) is 0.628. The summed E-state index contributed by atoms with van der Waals surface area (Å²) < 4.78 is 1.23. The van der Waals surface area contributed by atoms with E-state index in [1.165, 1.54) is 23.0 Å². The zero-order valence-electron chi connectivity index (χ0n) is 9.08. The second-order valence-electron chi connectivity index (χ2n) is 3.52. The summed E-state index contributed by atoms with van der Waals surface area (Å²) in [6.45, 7) is 0.156. The first-order valence-corrected chi connectivity index (χ1v) is 5.34. The molecular weight excluding hydrogens is 256 g/mol. The van der Waals surface area contributed by atoms with Crippen LogP contribution in [-0.2, 0) is 6.54 Å². The number of halogens is 1. The minimum Gasteiger partial charge on any atom is -0.358 e. The van der Waals surface area contributed by atoms with Crippen molar-refractivity contribution in [1.82, 2.24) is 9.78 Å². The zero-order chi connectivity index (χ0) is 13.1. The van der Waals surface area contributed by atoms with Crippen LogP contribution in [0.4, 0.5) is 5.82 Å². The van der Waals surface area contributed by atoms with E-state index in [4.69, 9.17) is 16.9 Å². The molecule has 0 atom stereocenters. The molecule has 2 rings (SSSR count). The van der Waals surface area contributed by atoms with Gasteiger partial charge in [-0.3, -0.25) is 0 Å². The molecule has 7 heteroatoms. The molecule has 18 heavy (non-hydrogen) atoms. The third-order valence-corrected chi connectivity index (χ3v) is 2.63. The summed E-state index contributed by atoms with van der Waals surface area (Å²) in [5, 5.41) is 24.0. The van der Waals surface area contributed by atoms with Crippen LogP contribution < -0.4 is 0 Å². The fourth-order valence-electron chi connectivity index (χ4n) is 1.55. The van der Waals surface area contributed by atoms with Gasteiger partial charge in [0.25, 0.3) is 0 Å². The number of nitriles is 1. The van der Waals surface area contributed by atoms with Crippen LogP contribution in [-0.4, -0.2) is 14.7 Å². The van der Waals surface area contributed by atoms with Crippen LogP contribution in [0.15, 0.2) is 30.5 Å². The first-order valence-electron chi connectivity index (χ1n) is 4.96. The van der Waals surface area contributed by atoms with Gasteiger partial charge in [-0.25, -0.2) is 0 Å². The lowest BCUT2D eigenvalue weighted by Gasteiger charge is -2.02. The van der Waals surface area contributed by atoms with E-state index < -0.39 is 4.92 Å². The highest BCUT2D eigenvalue weighted by molar-refractivity contribution is 6.30. The molecule has 6 nitrogen and oxygen atoms in total. The molecule has 0 fully saturated rings. The van der Waals surface area contributed by atoms with Gasteiger partial charge in [0.15, 0.2) is 0 Å². The van der Waals surface area contributed by atoms with Crippen molar-refractivity contribution in [1.29, 1.82) is 5.26 Å². The Morgan fingerprint density at radius 3 is 2.94 bits per heavy atom. The Hall–Kier alpha value is -2.39. The van der Waals surface area contributed by atoms with Crippen LogP contribution in [0.5, 0.6) is 0 Å². The molecule has 0 aliphatic heterocycles. The standard InChI is InChI=1S/C11H7ClN4O2/c12-10-2-1-8(9(5-10)6-13)7-15-11(16(17)18)3-4-14-15/h1-5H,7H2. The van der Waals surface area contributed by atoms with Gasteiger partial charge in [-0.05, 0) is 17.1 Å². The minimum absolute atomic E-state index is 0.117. The van der Waals surface area contributed by atoms with Gasteiger partial charge in [0.1, 0.15) is 6.54 Å². The van der Waals surface area contributed by atoms with Gasteiger partial charge in [-0.2, -0.15) is 5.26 Å². The van der Waals surface area contributed by atoms with E-state index >= 15 is 0 Å². The van der Waals surface area contributed by atoms with Crippen LogP contribution in [0, 0.1) is 21.4 Å². The number of nitro groups is 1. The number of rotatable bonds is 3. The first-order chi connectivity index (χ1) is 8.61. The minimum atomic E-state index is -0.519. The lowest BCUT2D eigenvalue weighted by atomic mass is 10.1. The number of hydrogen-bond donors (Lipinski definition) is 0. The summed E-state index contributed by atoms with van der Waals surface area (Å²) in [5.41, 5.74) is 1.01. The Morgan fingerprint density at radius 1 is 1.50 bits per heavy atom. The van der Waals surface area contributed by atoms with E-state index in [-0.39, 0.29) is 12.4 Å². The number of aromatic nitrogens is 2. The second kappa shape index (κ2) is 4.85. The third-order valence-electron chi connectivity index (χ3n) is 2.39.